The molecule has 0 aliphatic heterocycles. The highest BCUT2D eigenvalue weighted by Crippen LogP contribution is 2.31. The summed E-state index contributed by atoms with van der Waals surface area (Å²) in [4.78, 5) is 13.0. The van der Waals surface area contributed by atoms with Gasteiger partial charge in [0.05, 0.1) is 36.0 Å². The van der Waals surface area contributed by atoms with Crippen LogP contribution in [0.1, 0.15) is 41.4 Å². The molecule has 0 heterocycles. The number of amides is 1. The second-order valence-corrected chi connectivity index (χ2v) is 12.3. The van der Waals surface area contributed by atoms with E-state index in [1.807, 2.05) is 13.8 Å². The minimum atomic E-state index is -3.61. The van der Waals surface area contributed by atoms with Crippen LogP contribution in [0.5, 0.6) is 5.75 Å². The van der Waals surface area contributed by atoms with Gasteiger partial charge in [0.25, 0.3) is 5.91 Å². The summed E-state index contributed by atoms with van der Waals surface area (Å²) >= 11 is 0. The number of sulfonamides is 1. The molecule has 0 saturated carbocycles. The first-order valence-corrected chi connectivity index (χ1v) is 15.0. The van der Waals surface area contributed by atoms with Crippen molar-refractivity contribution in [3.8, 4) is 5.75 Å². The topological polar surface area (TPSA) is 110 Å². The van der Waals surface area contributed by atoms with Gasteiger partial charge in [-0.25, -0.2) is 16.8 Å². The highest BCUT2D eigenvalue weighted by Gasteiger charge is 2.22. The maximum atomic E-state index is 12.8. The van der Waals surface area contributed by atoms with Crippen molar-refractivity contribution in [1.82, 2.24) is 5.32 Å². The van der Waals surface area contributed by atoms with Gasteiger partial charge in [-0.05, 0) is 61.4 Å². The van der Waals surface area contributed by atoms with Crippen molar-refractivity contribution in [2.45, 2.75) is 31.3 Å². The average molecular weight is 531 g/mol. The number of hydrogen-bond acceptors (Lipinski definition) is 6. The summed E-state index contributed by atoms with van der Waals surface area (Å²) in [7, 11) is -6.90. The van der Waals surface area contributed by atoms with E-state index < -0.39 is 19.9 Å². The molecule has 0 radical (unpaired) electrons. The number of carbonyl (C=O) groups excluding carboxylic acids is 1. The van der Waals surface area contributed by atoms with Crippen molar-refractivity contribution in [2.75, 3.05) is 23.4 Å². The lowest BCUT2D eigenvalue weighted by molar-refractivity contribution is 0.0940. The van der Waals surface area contributed by atoms with E-state index in [1.165, 1.54) is 16.4 Å². The number of benzene rings is 3. The van der Waals surface area contributed by atoms with Gasteiger partial charge in [-0.15, -0.1) is 0 Å². The minimum absolute atomic E-state index is 0.0773. The smallest absolute Gasteiger partial charge is 0.251 e. The number of ether oxygens (including phenoxy) is 1. The Kier molecular flexibility index (Phi) is 8.42. The van der Waals surface area contributed by atoms with Gasteiger partial charge in [0.1, 0.15) is 5.75 Å². The molecule has 1 amide bonds. The van der Waals surface area contributed by atoms with Crippen molar-refractivity contribution in [1.29, 1.82) is 0 Å². The zero-order valence-corrected chi connectivity index (χ0v) is 22.3. The second kappa shape index (κ2) is 11.1. The highest BCUT2D eigenvalue weighted by atomic mass is 32.2. The molecule has 36 heavy (non-hydrogen) atoms. The lowest BCUT2D eigenvalue weighted by atomic mass is 10.1. The number of sulfone groups is 1. The normalized spacial score (nSPS) is 12.6. The first kappa shape index (κ1) is 27.2. The van der Waals surface area contributed by atoms with Gasteiger partial charge in [0.2, 0.25) is 10.0 Å². The van der Waals surface area contributed by atoms with E-state index in [9.17, 15) is 21.6 Å². The molecule has 0 aliphatic carbocycles. The van der Waals surface area contributed by atoms with Crippen LogP contribution in [0.25, 0.3) is 0 Å². The Hall–Kier alpha value is -3.37. The molecule has 0 saturated heterocycles. The zero-order valence-electron chi connectivity index (χ0n) is 20.6. The Morgan fingerprint density at radius 3 is 2.08 bits per heavy atom. The van der Waals surface area contributed by atoms with Crippen molar-refractivity contribution in [3.05, 3.63) is 89.5 Å². The Bertz CT molecular complexity index is 1420. The molecule has 0 spiro atoms. The number of nitrogens with one attached hydrogen (secondary N) is 1. The Morgan fingerprint density at radius 2 is 1.53 bits per heavy atom. The Balaban J connectivity index is 1.74. The van der Waals surface area contributed by atoms with Gasteiger partial charge < -0.3 is 10.1 Å². The summed E-state index contributed by atoms with van der Waals surface area (Å²) in [6.07, 6.45) is 2.28. The second-order valence-electron chi connectivity index (χ2n) is 8.40. The molecule has 192 valence electrons. The number of anilines is 1. The number of para-hydroxylation sites is 2. The molecule has 3 aromatic carbocycles. The number of nitrogens with zero attached hydrogens (tertiary/aromatic N) is 1. The van der Waals surface area contributed by atoms with E-state index in [-0.39, 0.29) is 23.4 Å². The maximum absolute atomic E-state index is 12.8. The number of rotatable bonds is 10. The fourth-order valence-electron chi connectivity index (χ4n) is 3.62. The molecule has 0 aromatic heterocycles. The van der Waals surface area contributed by atoms with E-state index in [0.29, 0.717) is 29.2 Å². The predicted octanol–water partition coefficient (Wildman–Crippen LogP) is 3.95. The van der Waals surface area contributed by atoms with Crippen LogP contribution in [0.2, 0.25) is 0 Å². The molecule has 1 atom stereocenters. The monoisotopic (exact) mass is 530 g/mol. The van der Waals surface area contributed by atoms with Gasteiger partial charge in [-0.1, -0.05) is 36.4 Å². The van der Waals surface area contributed by atoms with Crippen LogP contribution >= 0.6 is 0 Å². The molecule has 3 rings (SSSR count). The Labute approximate surface area is 212 Å². The van der Waals surface area contributed by atoms with Crippen molar-refractivity contribution < 1.29 is 26.4 Å². The molecular weight excluding hydrogens is 500 g/mol. The quantitative estimate of drug-likeness (QED) is 0.425. The number of carbonyl (C=O) groups is 1. The molecular formula is C26H30N2O6S2. The lowest BCUT2D eigenvalue weighted by Gasteiger charge is -2.24. The maximum Gasteiger partial charge on any atom is 0.251 e. The molecule has 0 fully saturated rings. The molecule has 10 heteroatoms. The summed E-state index contributed by atoms with van der Waals surface area (Å²) in [5.74, 6) is 0.169. The fourth-order valence-corrected chi connectivity index (χ4v) is 5.14. The van der Waals surface area contributed by atoms with Gasteiger partial charge >= 0.3 is 0 Å². The van der Waals surface area contributed by atoms with Crippen LogP contribution in [0.15, 0.2) is 77.7 Å². The summed E-state index contributed by atoms with van der Waals surface area (Å²) in [5, 5.41) is 2.89. The molecule has 0 bridgehead atoms. The highest BCUT2D eigenvalue weighted by molar-refractivity contribution is 7.92. The summed E-state index contributed by atoms with van der Waals surface area (Å²) in [5.41, 5.74) is 2.33. The van der Waals surface area contributed by atoms with Crippen LogP contribution in [0.3, 0.4) is 0 Å². The zero-order chi connectivity index (χ0) is 26.5. The van der Waals surface area contributed by atoms with Gasteiger partial charge in [0, 0.05) is 11.8 Å². The van der Waals surface area contributed by atoms with Crippen LogP contribution in [-0.4, -0.2) is 41.9 Å². The van der Waals surface area contributed by atoms with E-state index >= 15 is 0 Å². The van der Waals surface area contributed by atoms with E-state index in [1.54, 1.807) is 60.7 Å². The summed E-state index contributed by atoms with van der Waals surface area (Å²) in [6, 6.07) is 19.7. The van der Waals surface area contributed by atoms with Gasteiger partial charge in [-0.3, -0.25) is 9.10 Å². The first-order chi connectivity index (χ1) is 16.9. The number of hydrogen-bond donors (Lipinski definition) is 1. The molecule has 1 unspecified atom stereocenters. The van der Waals surface area contributed by atoms with Crippen LogP contribution in [0, 0.1) is 0 Å². The van der Waals surface area contributed by atoms with Crippen molar-refractivity contribution >= 4 is 31.5 Å². The third-order valence-corrected chi connectivity index (χ3v) is 7.79. The van der Waals surface area contributed by atoms with Crippen LogP contribution < -0.4 is 14.4 Å². The van der Waals surface area contributed by atoms with Crippen molar-refractivity contribution in [2.24, 2.45) is 0 Å². The summed E-state index contributed by atoms with van der Waals surface area (Å²) < 4.78 is 55.3. The third kappa shape index (κ3) is 6.86. The van der Waals surface area contributed by atoms with Crippen LogP contribution in [0.4, 0.5) is 5.69 Å². The summed E-state index contributed by atoms with van der Waals surface area (Å²) in [6.45, 7) is 4.12. The average Bonchev–Trinajstić information content (AvgIpc) is 2.82. The SMILES string of the molecule is CCOc1ccccc1N(Cc1ccc(C(=O)NC(C)c2ccc(S(C)(=O)=O)cc2)cc1)S(C)(=O)=O. The van der Waals surface area contributed by atoms with Gasteiger partial charge in [0.15, 0.2) is 9.84 Å². The largest absolute Gasteiger partial charge is 0.492 e. The molecule has 8 nitrogen and oxygen atoms in total. The molecule has 3 aromatic rings. The third-order valence-electron chi connectivity index (χ3n) is 5.53. The van der Waals surface area contributed by atoms with Gasteiger partial charge in [-0.2, -0.15) is 0 Å². The Morgan fingerprint density at radius 1 is 0.917 bits per heavy atom. The standard InChI is InChI=1S/C26H30N2O6S2/c1-5-34-25-9-7-6-8-24(25)28(36(4,32)33)18-20-10-12-22(13-11-20)26(29)27-19(2)21-14-16-23(17-15-21)35(3,30)31/h6-17,19H,5,18H2,1-4H3,(H,27,29). The van der Waals surface area contributed by atoms with E-state index in [4.69, 9.17) is 4.74 Å². The first-order valence-electron chi connectivity index (χ1n) is 11.3. The molecule has 1 N–H and O–H groups in total. The van der Waals surface area contributed by atoms with Crippen molar-refractivity contribution in [3.63, 3.8) is 0 Å². The predicted molar refractivity (Wildman–Crippen MR) is 141 cm³/mol. The molecule has 0 aliphatic rings. The van der Waals surface area contributed by atoms with Crippen LogP contribution in [-0.2, 0) is 26.4 Å². The minimum Gasteiger partial charge on any atom is -0.492 e. The van der Waals surface area contributed by atoms with E-state index in [2.05, 4.69) is 5.32 Å². The lowest BCUT2D eigenvalue weighted by Crippen LogP contribution is -2.30. The fraction of sp³-hybridized carbons (Fsp3) is 0.269. The van der Waals surface area contributed by atoms with E-state index in [0.717, 1.165) is 18.1 Å².